The first-order valence-electron chi connectivity index (χ1n) is 8.19. The number of nitrogens with one attached hydrogen (secondary N) is 2. The maximum Gasteiger partial charge on any atom is 0.256 e. The van der Waals surface area contributed by atoms with Gasteiger partial charge in [-0.25, -0.2) is 4.98 Å². The average molecular weight is 347 g/mol. The minimum absolute atomic E-state index is 0.178. The fraction of sp³-hybridized carbons (Fsp3) is 0.100. The molecule has 4 rings (SSSR count). The topological polar surface area (TPSA) is 72.5 Å². The Hall–Kier alpha value is -3.54. The summed E-state index contributed by atoms with van der Waals surface area (Å²) in [5, 5.41) is 6.08. The van der Waals surface area contributed by atoms with Crippen molar-refractivity contribution >= 4 is 23.1 Å². The largest absolute Gasteiger partial charge is 0.454 e. The lowest BCUT2D eigenvalue weighted by Crippen LogP contribution is -2.12. The highest BCUT2D eigenvalue weighted by Gasteiger charge is 2.16. The van der Waals surface area contributed by atoms with Crippen LogP contribution >= 0.6 is 0 Å². The average Bonchev–Trinajstić information content (AvgIpc) is 3.13. The molecule has 0 bridgehead atoms. The molecule has 0 aliphatic carbocycles. The maximum atomic E-state index is 12.4. The lowest BCUT2D eigenvalue weighted by atomic mass is 10.2. The zero-order valence-corrected chi connectivity index (χ0v) is 14.2. The summed E-state index contributed by atoms with van der Waals surface area (Å²) in [6, 6.07) is 16.7. The van der Waals surface area contributed by atoms with Gasteiger partial charge < -0.3 is 20.1 Å². The van der Waals surface area contributed by atoms with Gasteiger partial charge in [0.1, 0.15) is 5.82 Å². The summed E-state index contributed by atoms with van der Waals surface area (Å²) >= 11 is 0. The lowest BCUT2D eigenvalue weighted by molar-refractivity contribution is 0.102. The molecule has 0 radical (unpaired) electrons. The molecule has 0 saturated heterocycles. The van der Waals surface area contributed by atoms with Gasteiger partial charge in [0.05, 0.1) is 11.9 Å². The Kier molecular flexibility index (Phi) is 4.15. The molecule has 6 heteroatoms. The second-order valence-electron chi connectivity index (χ2n) is 5.89. The van der Waals surface area contributed by atoms with Gasteiger partial charge >= 0.3 is 0 Å². The van der Waals surface area contributed by atoms with Gasteiger partial charge in [-0.2, -0.15) is 0 Å². The van der Waals surface area contributed by atoms with E-state index < -0.39 is 0 Å². The number of fused-ring (bicyclic) bond motifs is 1. The van der Waals surface area contributed by atoms with E-state index in [4.69, 9.17) is 9.47 Å². The molecular formula is C20H17N3O3. The Morgan fingerprint density at radius 3 is 2.69 bits per heavy atom. The van der Waals surface area contributed by atoms with Crippen LogP contribution in [0.15, 0.2) is 60.8 Å². The van der Waals surface area contributed by atoms with Gasteiger partial charge in [0, 0.05) is 11.3 Å². The van der Waals surface area contributed by atoms with Crippen molar-refractivity contribution < 1.29 is 14.3 Å². The second kappa shape index (κ2) is 6.76. The molecule has 0 saturated carbocycles. The number of carbonyl (C=O) groups excluding carboxylic acids is 1. The molecule has 1 amide bonds. The lowest BCUT2D eigenvalue weighted by Gasteiger charge is -2.10. The second-order valence-corrected chi connectivity index (χ2v) is 5.89. The van der Waals surface area contributed by atoms with E-state index >= 15 is 0 Å². The van der Waals surface area contributed by atoms with E-state index in [0.717, 1.165) is 16.9 Å². The van der Waals surface area contributed by atoms with Crippen LogP contribution in [0.5, 0.6) is 11.5 Å². The Labute approximate surface area is 150 Å². The number of hydrogen-bond acceptors (Lipinski definition) is 5. The summed E-state index contributed by atoms with van der Waals surface area (Å²) in [5.41, 5.74) is 3.50. The van der Waals surface area contributed by atoms with Crippen LogP contribution < -0.4 is 20.1 Å². The molecule has 2 aromatic carbocycles. The van der Waals surface area contributed by atoms with Crippen LogP contribution in [-0.2, 0) is 0 Å². The number of pyridine rings is 1. The summed E-state index contributed by atoms with van der Waals surface area (Å²) in [6.07, 6.45) is 1.68. The number of nitrogens with zero attached hydrogens (tertiary/aromatic N) is 1. The van der Waals surface area contributed by atoms with Gasteiger partial charge in [-0.3, -0.25) is 4.79 Å². The van der Waals surface area contributed by atoms with Gasteiger partial charge in [-0.15, -0.1) is 0 Å². The minimum atomic E-state index is -0.254. The molecule has 1 aliphatic heterocycles. The Morgan fingerprint density at radius 1 is 1.04 bits per heavy atom. The first-order chi connectivity index (χ1) is 12.7. The van der Waals surface area contributed by atoms with Crippen LogP contribution in [0.25, 0.3) is 0 Å². The highest BCUT2D eigenvalue weighted by atomic mass is 16.7. The molecule has 0 spiro atoms. The van der Waals surface area contributed by atoms with Gasteiger partial charge in [0.25, 0.3) is 5.91 Å². The summed E-state index contributed by atoms with van der Waals surface area (Å²) in [5.74, 6) is 1.44. The van der Waals surface area contributed by atoms with Crippen molar-refractivity contribution in [3.8, 4) is 11.5 Å². The molecule has 0 fully saturated rings. The fourth-order valence-electron chi connectivity index (χ4n) is 2.64. The molecule has 6 nitrogen and oxygen atoms in total. The number of ether oxygens (including phenoxy) is 2. The van der Waals surface area contributed by atoms with Crippen LogP contribution in [0, 0.1) is 6.92 Å². The van der Waals surface area contributed by atoms with Crippen LogP contribution in [-0.4, -0.2) is 17.7 Å². The third kappa shape index (κ3) is 3.30. The molecule has 26 heavy (non-hydrogen) atoms. The number of hydrogen-bond donors (Lipinski definition) is 2. The van der Waals surface area contributed by atoms with Crippen LogP contribution in [0.4, 0.5) is 17.2 Å². The van der Waals surface area contributed by atoms with Gasteiger partial charge in [0.15, 0.2) is 11.5 Å². The number of benzene rings is 2. The molecular weight excluding hydrogens is 330 g/mol. The summed E-state index contributed by atoms with van der Waals surface area (Å²) in [4.78, 5) is 16.7. The molecule has 0 unspecified atom stereocenters. The van der Waals surface area contributed by atoms with Crippen molar-refractivity contribution in [2.75, 3.05) is 17.4 Å². The first-order valence-corrected chi connectivity index (χ1v) is 8.19. The van der Waals surface area contributed by atoms with E-state index in [2.05, 4.69) is 15.6 Å². The van der Waals surface area contributed by atoms with E-state index in [1.165, 1.54) is 0 Å². The normalized spacial score (nSPS) is 11.9. The van der Waals surface area contributed by atoms with E-state index in [1.807, 2.05) is 37.3 Å². The minimum Gasteiger partial charge on any atom is -0.454 e. The predicted molar refractivity (Wildman–Crippen MR) is 99.2 cm³/mol. The Morgan fingerprint density at radius 2 is 1.88 bits per heavy atom. The van der Waals surface area contributed by atoms with E-state index in [-0.39, 0.29) is 12.7 Å². The third-order valence-corrected chi connectivity index (χ3v) is 4.06. The number of amides is 1. The van der Waals surface area contributed by atoms with Crippen molar-refractivity contribution in [3.63, 3.8) is 0 Å². The van der Waals surface area contributed by atoms with Gasteiger partial charge in [-0.1, -0.05) is 18.2 Å². The molecule has 2 heterocycles. The number of carbonyl (C=O) groups is 1. The molecule has 0 atom stereocenters. The van der Waals surface area contributed by atoms with Crippen molar-refractivity contribution in [3.05, 3.63) is 71.9 Å². The number of para-hydroxylation sites is 1. The van der Waals surface area contributed by atoms with Crippen molar-refractivity contribution in [2.45, 2.75) is 6.92 Å². The van der Waals surface area contributed by atoms with Crippen LogP contribution in [0.1, 0.15) is 15.9 Å². The molecule has 3 aromatic rings. The molecule has 1 aliphatic rings. The van der Waals surface area contributed by atoms with Crippen molar-refractivity contribution in [2.24, 2.45) is 0 Å². The predicted octanol–water partition coefficient (Wildman–Crippen LogP) is 4.11. The number of anilines is 3. The quantitative estimate of drug-likeness (QED) is 0.743. The van der Waals surface area contributed by atoms with E-state index in [1.54, 1.807) is 30.5 Å². The smallest absolute Gasteiger partial charge is 0.256 e. The Bertz CT molecular complexity index is 955. The van der Waals surface area contributed by atoms with E-state index in [0.29, 0.717) is 22.9 Å². The first kappa shape index (κ1) is 16.0. The Balaban J connectivity index is 1.44. The number of rotatable bonds is 4. The highest BCUT2D eigenvalue weighted by molar-refractivity contribution is 6.04. The van der Waals surface area contributed by atoms with Gasteiger partial charge in [-0.05, 0) is 48.9 Å². The van der Waals surface area contributed by atoms with Crippen molar-refractivity contribution in [1.29, 1.82) is 0 Å². The van der Waals surface area contributed by atoms with Crippen LogP contribution in [0.2, 0.25) is 0 Å². The molecule has 2 N–H and O–H groups in total. The summed E-state index contributed by atoms with van der Waals surface area (Å²) in [6.45, 7) is 2.22. The van der Waals surface area contributed by atoms with E-state index in [9.17, 15) is 4.79 Å². The number of aryl methyl sites for hydroxylation is 1. The SMILES string of the molecule is Cc1ccccc1Nc1ccc(NC(=O)c2ccc3c(c2)OCO3)nc1. The molecule has 1 aromatic heterocycles. The monoisotopic (exact) mass is 347 g/mol. The number of aromatic nitrogens is 1. The summed E-state index contributed by atoms with van der Waals surface area (Å²) in [7, 11) is 0. The maximum absolute atomic E-state index is 12.4. The summed E-state index contributed by atoms with van der Waals surface area (Å²) < 4.78 is 10.5. The van der Waals surface area contributed by atoms with Crippen molar-refractivity contribution in [1.82, 2.24) is 4.98 Å². The van der Waals surface area contributed by atoms with Gasteiger partial charge in [0.2, 0.25) is 6.79 Å². The zero-order chi connectivity index (χ0) is 17.9. The standard InChI is InChI=1S/C20H17N3O3/c1-13-4-2-3-5-16(13)22-15-7-9-19(21-11-15)23-20(24)14-6-8-17-18(10-14)26-12-25-17/h2-11,22H,12H2,1H3,(H,21,23,24). The van der Waals surface area contributed by atoms with Crippen LogP contribution in [0.3, 0.4) is 0 Å². The fourth-order valence-corrected chi connectivity index (χ4v) is 2.64. The zero-order valence-electron chi connectivity index (χ0n) is 14.2. The molecule has 130 valence electrons. The highest BCUT2D eigenvalue weighted by Crippen LogP contribution is 2.32. The third-order valence-electron chi connectivity index (χ3n) is 4.06.